The summed E-state index contributed by atoms with van der Waals surface area (Å²) >= 11 is 0. The highest BCUT2D eigenvalue weighted by Gasteiger charge is 2.47. The van der Waals surface area contributed by atoms with Gasteiger partial charge in [0.05, 0.1) is 31.5 Å². The molecule has 0 radical (unpaired) electrons. The average molecular weight is 460 g/mol. The number of hydrogen-bond acceptors (Lipinski definition) is 10. The third-order valence-electron chi connectivity index (χ3n) is 4.85. The Morgan fingerprint density at radius 2 is 2.10 bits per heavy atom. The molecule has 5 N–H and O–H groups in total. The Morgan fingerprint density at radius 1 is 1.39 bits per heavy atom. The molecule has 1 saturated heterocycles. The SMILES string of the molecule is C[C@H](CO)C(=O)N[C@H]1[C@@H](O)[C@H](n2cnc3c(N(C)C)ncnc32)O[C@@H]1COP(=O)(O)O. The minimum atomic E-state index is -4.82. The number of rotatable bonds is 8. The van der Waals surface area contributed by atoms with E-state index in [4.69, 9.17) is 14.5 Å². The number of ether oxygens (including phenoxy) is 1. The number of carbonyl (C=O) groups excluding carboxylic acids is 1. The summed E-state index contributed by atoms with van der Waals surface area (Å²) in [5.41, 5.74) is 0.806. The Kier molecular flexibility index (Phi) is 6.91. The van der Waals surface area contributed by atoms with Crippen molar-refractivity contribution in [2.24, 2.45) is 5.92 Å². The Bertz CT molecular complexity index is 980. The summed E-state index contributed by atoms with van der Waals surface area (Å²) in [6, 6.07) is -1.08. The van der Waals surface area contributed by atoms with Crippen LogP contribution in [-0.4, -0.2) is 91.0 Å². The van der Waals surface area contributed by atoms with Crippen LogP contribution in [-0.2, 0) is 18.6 Å². The molecular weight excluding hydrogens is 435 g/mol. The van der Waals surface area contributed by atoms with Gasteiger partial charge in [-0.3, -0.25) is 13.9 Å². The highest BCUT2D eigenvalue weighted by molar-refractivity contribution is 7.46. The second-order valence-electron chi connectivity index (χ2n) is 7.38. The van der Waals surface area contributed by atoms with Crippen molar-refractivity contribution in [2.75, 3.05) is 32.2 Å². The molecule has 0 bridgehead atoms. The van der Waals surface area contributed by atoms with Gasteiger partial charge in [-0.2, -0.15) is 0 Å². The number of imidazole rings is 1. The van der Waals surface area contributed by atoms with Gasteiger partial charge in [0.15, 0.2) is 23.2 Å². The van der Waals surface area contributed by atoms with Crippen LogP contribution in [0.15, 0.2) is 12.7 Å². The van der Waals surface area contributed by atoms with Gasteiger partial charge in [0, 0.05) is 14.1 Å². The molecule has 1 aliphatic rings. The molecule has 14 nitrogen and oxygen atoms in total. The topological polar surface area (TPSA) is 192 Å². The van der Waals surface area contributed by atoms with Crippen molar-refractivity contribution in [3.05, 3.63) is 12.7 Å². The lowest BCUT2D eigenvalue weighted by atomic mass is 10.1. The smallest absolute Gasteiger partial charge is 0.396 e. The molecule has 0 aromatic carbocycles. The molecular formula is C16H25N6O8P. The third-order valence-corrected chi connectivity index (χ3v) is 5.33. The lowest BCUT2D eigenvalue weighted by Crippen LogP contribution is -2.50. The summed E-state index contributed by atoms with van der Waals surface area (Å²) < 4.78 is 22.9. The van der Waals surface area contributed by atoms with Crippen molar-refractivity contribution in [1.29, 1.82) is 0 Å². The van der Waals surface area contributed by atoms with Crippen molar-refractivity contribution >= 4 is 30.7 Å². The number of phosphoric ester groups is 1. The van der Waals surface area contributed by atoms with E-state index in [1.807, 2.05) is 0 Å². The van der Waals surface area contributed by atoms with Crippen molar-refractivity contribution < 1.29 is 38.6 Å². The highest BCUT2D eigenvalue weighted by atomic mass is 31.2. The lowest BCUT2D eigenvalue weighted by molar-refractivity contribution is -0.127. The zero-order chi connectivity index (χ0) is 22.9. The summed E-state index contributed by atoms with van der Waals surface area (Å²) in [5.74, 6) is -0.789. The molecule has 0 aliphatic carbocycles. The summed E-state index contributed by atoms with van der Waals surface area (Å²) in [4.78, 5) is 44.7. The maximum atomic E-state index is 12.3. The summed E-state index contributed by atoms with van der Waals surface area (Å²) in [5, 5.41) is 22.7. The number of hydrogen-bond donors (Lipinski definition) is 5. The van der Waals surface area contributed by atoms with Crippen LogP contribution < -0.4 is 10.2 Å². The lowest BCUT2D eigenvalue weighted by Gasteiger charge is -2.23. The highest BCUT2D eigenvalue weighted by Crippen LogP contribution is 2.39. The van der Waals surface area contributed by atoms with Gasteiger partial charge >= 0.3 is 7.82 Å². The molecule has 3 rings (SSSR count). The molecule has 31 heavy (non-hydrogen) atoms. The van der Waals surface area contributed by atoms with Gasteiger partial charge < -0.3 is 35.0 Å². The molecule has 2 aromatic heterocycles. The quantitative estimate of drug-likeness (QED) is 0.283. The van der Waals surface area contributed by atoms with Crippen LogP contribution in [0.2, 0.25) is 0 Å². The number of aliphatic hydroxyl groups is 2. The van der Waals surface area contributed by atoms with Crippen molar-refractivity contribution in [3.63, 3.8) is 0 Å². The molecule has 0 saturated carbocycles. The predicted molar refractivity (Wildman–Crippen MR) is 106 cm³/mol. The number of phosphoric acid groups is 1. The monoisotopic (exact) mass is 460 g/mol. The standard InChI is InChI=1S/C16H25N6O8P/c1-8(4-23)15(25)20-10-9(5-29-31(26,27)28)30-16(12(10)24)22-7-19-11-13(21(2)3)17-6-18-14(11)22/h6-10,12,16,23-24H,4-5H2,1-3H3,(H,20,25)(H2,26,27,28)/t8-,9-,10-,12-,16-/m1/s1. The molecule has 1 aliphatic heterocycles. The van der Waals surface area contributed by atoms with E-state index < -0.39 is 57.3 Å². The largest absolute Gasteiger partial charge is 0.469 e. The molecule has 15 heteroatoms. The number of carbonyl (C=O) groups is 1. The first-order valence-corrected chi connectivity index (χ1v) is 10.9. The minimum absolute atomic E-state index is 0.355. The average Bonchev–Trinajstić information content (AvgIpc) is 3.26. The molecule has 2 aromatic rings. The van der Waals surface area contributed by atoms with Crippen LogP contribution in [0.25, 0.3) is 11.2 Å². The van der Waals surface area contributed by atoms with Crippen LogP contribution in [0.3, 0.4) is 0 Å². The van der Waals surface area contributed by atoms with Gasteiger partial charge in [0.1, 0.15) is 18.5 Å². The fourth-order valence-corrected chi connectivity index (χ4v) is 3.55. The fraction of sp³-hybridized carbons (Fsp3) is 0.625. The van der Waals surface area contributed by atoms with Gasteiger partial charge in [-0.05, 0) is 0 Å². The number of aliphatic hydroxyl groups excluding tert-OH is 2. The van der Waals surface area contributed by atoms with E-state index in [0.717, 1.165) is 0 Å². The maximum Gasteiger partial charge on any atom is 0.469 e. The van der Waals surface area contributed by atoms with Gasteiger partial charge in [-0.25, -0.2) is 19.5 Å². The van der Waals surface area contributed by atoms with E-state index in [0.29, 0.717) is 17.0 Å². The minimum Gasteiger partial charge on any atom is -0.396 e. The summed E-state index contributed by atoms with van der Waals surface area (Å²) in [7, 11) is -1.25. The Labute approximate surface area is 177 Å². The molecule has 0 unspecified atom stereocenters. The number of amides is 1. The van der Waals surface area contributed by atoms with Crippen molar-refractivity contribution in [1.82, 2.24) is 24.8 Å². The molecule has 1 amide bonds. The molecule has 0 spiro atoms. The number of nitrogens with zero attached hydrogens (tertiary/aromatic N) is 5. The summed E-state index contributed by atoms with van der Waals surface area (Å²) in [6.07, 6.45) is -0.810. The van der Waals surface area contributed by atoms with Crippen molar-refractivity contribution in [2.45, 2.75) is 31.4 Å². The fourth-order valence-electron chi connectivity index (χ4n) is 3.21. The first-order valence-electron chi connectivity index (χ1n) is 9.33. The zero-order valence-corrected chi connectivity index (χ0v) is 18.0. The van der Waals surface area contributed by atoms with Crippen molar-refractivity contribution in [3.8, 4) is 0 Å². The Hall–Kier alpha value is -2.19. The Balaban J connectivity index is 1.92. The number of aromatic nitrogens is 4. The zero-order valence-electron chi connectivity index (χ0n) is 17.1. The number of fused-ring (bicyclic) bond motifs is 1. The van der Waals surface area contributed by atoms with E-state index in [1.54, 1.807) is 19.0 Å². The number of anilines is 1. The summed E-state index contributed by atoms with van der Waals surface area (Å²) in [6.45, 7) is 0.471. The van der Waals surface area contributed by atoms with E-state index in [1.165, 1.54) is 24.1 Å². The van der Waals surface area contributed by atoms with Crippen LogP contribution in [0, 0.1) is 5.92 Å². The molecule has 172 valence electrons. The molecule has 5 atom stereocenters. The molecule has 1 fully saturated rings. The van der Waals surface area contributed by atoms with Gasteiger partial charge in [-0.1, -0.05) is 6.92 Å². The van der Waals surface area contributed by atoms with Crippen LogP contribution in [0.4, 0.5) is 5.82 Å². The van der Waals surface area contributed by atoms with Gasteiger partial charge in [-0.15, -0.1) is 0 Å². The van der Waals surface area contributed by atoms with E-state index >= 15 is 0 Å². The van der Waals surface area contributed by atoms with E-state index in [-0.39, 0.29) is 0 Å². The van der Waals surface area contributed by atoms with E-state index in [9.17, 15) is 19.6 Å². The maximum absolute atomic E-state index is 12.3. The van der Waals surface area contributed by atoms with E-state index in [2.05, 4.69) is 24.8 Å². The first kappa shape index (κ1) is 23.5. The molecule has 3 heterocycles. The second-order valence-corrected chi connectivity index (χ2v) is 8.62. The third kappa shape index (κ3) is 5.01. The predicted octanol–water partition coefficient (Wildman–Crippen LogP) is -1.63. The van der Waals surface area contributed by atoms with Crippen LogP contribution in [0.1, 0.15) is 13.2 Å². The first-order chi connectivity index (χ1) is 14.5. The second kappa shape index (κ2) is 9.12. The van der Waals surface area contributed by atoms with Gasteiger partial charge in [0.25, 0.3) is 0 Å². The normalized spacial score (nSPS) is 25.0. The number of nitrogens with one attached hydrogen (secondary N) is 1. The van der Waals surface area contributed by atoms with Gasteiger partial charge in [0.2, 0.25) is 5.91 Å². The Morgan fingerprint density at radius 3 is 2.71 bits per heavy atom. The van der Waals surface area contributed by atoms with Crippen LogP contribution >= 0.6 is 7.82 Å². The van der Waals surface area contributed by atoms with Crippen LogP contribution in [0.5, 0.6) is 0 Å².